The zero-order valence-electron chi connectivity index (χ0n) is 19.3. The van der Waals surface area contributed by atoms with Crippen molar-refractivity contribution in [1.82, 2.24) is 19.6 Å². The molecule has 33 heavy (non-hydrogen) atoms. The lowest BCUT2D eigenvalue weighted by Gasteiger charge is -2.56. The molecule has 176 valence electrons. The van der Waals surface area contributed by atoms with Gasteiger partial charge in [0.05, 0.1) is 12.1 Å². The average molecular weight is 450 g/mol. The van der Waals surface area contributed by atoms with E-state index in [1.165, 1.54) is 38.5 Å². The van der Waals surface area contributed by atoms with E-state index in [1.807, 2.05) is 33.7 Å². The fraction of sp³-hybridized carbons (Fsp3) is 0.654. The normalized spacial score (nSPS) is 32.9. The summed E-state index contributed by atoms with van der Waals surface area (Å²) in [5.74, 6) is 2.63. The number of hydrogen-bond acceptors (Lipinski definition) is 4. The molecule has 0 aromatic carbocycles. The highest BCUT2D eigenvalue weighted by molar-refractivity contribution is 5.93. The summed E-state index contributed by atoms with van der Waals surface area (Å²) in [6, 6.07) is 5.67. The maximum Gasteiger partial charge on any atom is 0.268 e. The number of pyridine rings is 1. The lowest BCUT2D eigenvalue weighted by atomic mass is 9.49. The van der Waals surface area contributed by atoms with Crippen molar-refractivity contribution in [3.63, 3.8) is 0 Å². The van der Waals surface area contributed by atoms with E-state index in [0.717, 1.165) is 43.7 Å². The molecule has 0 radical (unpaired) electrons. The monoisotopic (exact) mass is 449 g/mol. The third-order valence-electron chi connectivity index (χ3n) is 8.71. The van der Waals surface area contributed by atoms with Gasteiger partial charge in [-0.05, 0) is 86.7 Å². The number of nitrogens with zero attached hydrogens (tertiary/aromatic N) is 3. The highest BCUT2D eigenvalue weighted by Crippen LogP contribution is 2.59. The Balaban J connectivity index is 1.15. The Labute approximate surface area is 195 Å². The molecule has 1 atom stereocenters. The van der Waals surface area contributed by atoms with E-state index in [9.17, 15) is 9.59 Å². The molecular formula is C26H35N5O2. The van der Waals surface area contributed by atoms with Crippen molar-refractivity contribution in [1.29, 1.82) is 0 Å². The van der Waals surface area contributed by atoms with Crippen molar-refractivity contribution in [2.45, 2.75) is 63.8 Å². The number of piperidine rings is 1. The minimum absolute atomic E-state index is 0.0476. The summed E-state index contributed by atoms with van der Waals surface area (Å²) < 4.78 is 1.83. The highest BCUT2D eigenvalue weighted by atomic mass is 16.2. The molecule has 2 amide bonds. The van der Waals surface area contributed by atoms with Gasteiger partial charge in [-0.1, -0.05) is 6.07 Å². The van der Waals surface area contributed by atoms with Gasteiger partial charge in [0.15, 0.2) is 0 Å². The molecular weight excluding hydrogens is 414 g/mol. The number of likely N-dealkylation sites (tertiary alicyclic amines) is 1. The van der Waals surface area contributed by atoms with Crippen LogP contribution < -0.4 is 11.1 Å². The van der Waals surface area contributed by atoms with Gasteiger partial charge in [-0.3, -0.25) is 14.0 Å². The first-order chi connectivity index (χ1) is 16.0. The molecule has 0 unspecified atom stereocenters. The Kier molecular flexibility index (Phi) is 5.20. The standard InChI is InChI=1S/C26H35N5O2/c27-20-3-2-6-30(14-20)24(32)10-21-15-31-22(4-1-5-23(31)29-21)25(33)28-16-26-11-17-7-18(12-26)9-19(8-17)13-26/h1,4-5,15,17-20H,2-3,6-14,16,27H2,(H,28,33)/t17?,18?,19?,20-,26?/m1/s1. The third kappa shape index (κ3) is 4.05. The molecule has 4 saturated carbocycles. The molecule has 4 bridgehead atoms. The Morgan fingerprint density at radius 3 is 2.55 bits per heavy atom. The fourth-order valence-corrected chi connectivity index (χ4v) is 7.70. The van der Waals surface area contributed by atoms with Gasteiger partial charge in [0, 0.05) is 31.9 Å². The van der Waals surface area contributed by atoms with Gasteiger partial charge < -0.3 is 16.0 Å². The van der Waals surface area contributed by atoms with Crippen LogP contribution in [0.2, 0.25) is 0 Å². The Morgan fingerprint density at radius 2 is 1.85 bits per heavy atom. The van der Waals surface area contributed by atoms with Crippen LogP contribution in [0.1, 0.15) is 67.5 Å². The molecule has 3 heterocycles. The summed E-state index contributed by atoms with van der Waals surface area (Å²) in [6.07, 6.45) is 12.1. The molecule has 5 aliphatic rings. The van der Waals surface area contributed by atoms with Crippen molar-refractivity contribution in [3.05, 3.63) is 35.8 Å². The van der Waals surface area contributed by atoms with Gasteiger partial charge in [0.2, 0.25) is 5.91 Å². The van der Waals surface area contributed by atoms with E-state index in [2.05, 4.69) is 10.3 Å². The molecule has 7 heteroatoms. The second-order valence-electron chi connectivity index (χ2n) is 11.4. The van der Waals surface area contributed by atoms with Crippen LogP contribution in [0.25, 0.3) is 5.65 Å². The lowest BCUT2D eigenvalue weighted by Crippen LogP contribution is -2.51. The van der Waals surface area contributed by atoms with E-state index in [-0.39, 0.29) is 24.3 Å². The molecule has 7 nitrogen and oxygen atoms in total. The number of rotatable bonds is 5. The summed E-state index contributed by atoms with van der Waals surface area (Å²) in [6.45, 7) is 2.16. The predicted octanol–water partition coefficient (Wildman–Crippen LogP) is 2.77. The van der Waals surface area contributed by atoms with E-state index in [0.29, 0.717) is 29.0 Å². The molecule has 1 saturated heterocycles. The van der Waals surface area contributed by atoms with Gasteiger partial charge in [0.1, 0.15) is 11.3 Å². The predicted molar refractivity (Wildman–Crippen MR) is 126 cm³/mol. The Morgan fingerprint density at radius 1 is 1.12 bits per heavy atom. The Hall–Kier alpha value is -2.41. The fourth-order valence-electron chi connectivity index (χ4n) is 7.70. The zero-order chi connectivity index (χ0) is 22.6. The average Bonchev–Trinajstić information content (AvgIpc) is 3.19. The molecule has 4 aliphatic carbocycles. The van der Waals surface area contributed by atoms with E-state index >= 15 is 0 Å². The SMILES string of the molecule is N[C@@H]1CCCN(C(=O)Cc2cn3c(C(=O)NCC45CC6CC(CC(C6)C4)C5)cccc3n2)C1. The first-order valence-electron chi connectivity index (χ1n) is 12.7. The molecule has 0 spiro atoms. The maximum atomic E-state index is 13.2. The number of carbonyl (C=O) groups is 2. The number of nitrogens with one attached hydrogen (secondary N) is 1. The smallest absolute Gasteiger partial charge is 0.268 e. The number of carbonyl (C=O) groups excluding carboxylic acids is 2. The summed E-state index contributed by atoms with van der Waals surface area (Å²) >= 11 is 0. The second-order valence-corrected chi connectivity index (χ2v) is 11.4. The van der Waals surface area contributed by atoms with Crippen molar-refractivity contribution in [2.75, 3.05) is 19.6 Å². The van der Waals surface area contributed by atoms with Crippen LogP contribution in [0, 0.1) is 23.2 Å². The Bertz CT molecular complexity index is 1040. The van der Waals surface area contributed by atoms with Gasteiger partial charge in [-0.25, -0.2) is 4.98 Å². The van der Waals surface area contributed by atoms with Crippen LogP contribution >= 0.6 is 0 Å². The summed E-state index contributed by atoms with van der Waals surface area (Å²) in [4.78, 5) is 32.4. The van der Waals surface area contributed by atoms with E-state index < -0.39 is 0 Å². The van der Waals surface area contributed by atoms with Crippen LogP contribution in [-0.2, 0) is 11.2 Å². The minimum Gasteiger partial charge on any atom is -0.350 e. The van der Waals surface area contributed by atoms with Gasteiger partial charge in [0.25, 0.3) is 5.91 Å². The van der Waals surface area contributed by atoms with Crippen molar-refractivity contribution in [2.24, 2.45) is 28.9 Å². The molecule has 3 N–H and O–H groups in total. The van der Waals surface area contributed by atoms with E-state index in [1.54, 1.807) is 0 Å². The highest BCUT2D eigenvalue weighted by Gasteiger charge is 2.50. The van der Waals surface area contributed by atoms with Gasteiger partial charge in [-0.15, -0.1) is 0 Å². The number of aromatic nitrogens is 2. The van der Waals surface area contributed by atoms with Gasteiger partial charge in [-0.2, -0.15) is 0 Å². The van der Waals surface area contributed by atoms with E-state index in [4.69, 9.17) is 5.73 Å². The van der Waals surface area contributed by atoms with Crippen LogP contribution in [0.4, 0.5) is 0 Å². The maximum absolute atomic E-state index is 13.2. The van der Waals surface area contributed by atoms with Gasteiger partial charge >= 0.3 is 0 Å². The third-order valence-corrected chi connectivity index (χ3v) is 8.71. The zero-order valence-corrected chi connectivity index (χ0v) is 19.3. The number of nitrogens with two attached hydrogens (primary N) is 1. The molecule has 2 aromatic heterocycles. The van der Waals surface area contributed by atoms with Crippen LogP contribution in [0.15, 0.2) is 24.4 Å². The topological polar surface area (TPSA) is 92.7 Å². The quantitative estimate of drug-likeness (QED) is 0.734. The summed E-state index contributed by atoms with van der Waals surface area (Å²) in [5.41, 5.74) is 8.33. The molecule has 7 rings (SSSR count). The van der Waals surface area contributed by atoms with Crippen molar-refractivity contribution < 1.29 is 9.59 Å². The molecule has 1 aliphatic heterocycles. The molecule has 2 aromatic rings. The van der Waals surface area contributed by atoms with Crippen molar-refractivity contribution >= 4 is 17.5 Å². The number of fused-ring (bicyclic) bond motifs is 1. The van der Waals surface area contributed by atoms with Crippen LogP contribution in [0.3, 0.4) is 0 Å². The number of imidazole rings is 1. The summed E-state index contributed by atoms with van der Waals surface area (Å²) in [5, 5.41) is 3.28. The minimum atomic E-state index is -0.0476. The summed E-state index contributed by atoms with van der Waals surface area (Å²) in [7, 11) is 0. The lowest BCUT2D eigenvalue weighted by molar-refractivity contribution is -0.131. The largest absolute Gasteiger partial charge is 0.350 e. The number of hydrogen-bond donors (Lipinski definition) is 2. The number of amides is 2. The molecule has 5 fully saturated rings. The first-order valence-corrected chi connectivity index (χ1v) is 12.7. The second kappa shape index (κ2) is 8.12. The van der Waals surface area contributed by atoms with Crippen molar-refractivity contribution in [3.8, 4) is 0 Å². The van der Waals surface area contributed by atoms with Crippen LogP contribution in [0.5, 0.6) is 0 Å². The van der Waals surface area contributed by atoms with Crippen LogP contribution in [-0.4, -0.2) is 51.8 Å². The first kappa shape index (κ1) is 21.1.